The number of aryl methyl sites for hydroxylation is 1. The molecule has 0 radical (unpaired) electrons. The van der Waals surface area contributed by atoms with E-state index >= 15 is 0 Å². The predicted molar refractivity (Wildman–Crippen MR) is 123 cm³/mol. The molecule has 3 nitrogen and oxygen atoms in total. The van der Waals surface area contributed by atoms with Crippen LogP contribution in [0, 0.1) is 0 Å². The largest absolute Gasteiger partial charge is 0.475 e. The highest BCUT2D eigenvalue weighted by Gasteiger charge is 2.39. The number of aliphatic hydroxyl groups excluding tert-OH is 1. The fraction of sp³-hybridized carbons (Fsp3) is 0.500. The fourth-order valence-electron chi connectivity index (χ4n) is 4.70. The highest BCUT2D eigenvalue weighted by atomic mass is 79.9. The third-order valence-electron chi connectivity index (χ3n) is 6.53. The lowest BCUT2D eigenvalue weighted by molar-refractivity contribution is 0.0595. The first-order valence-electron chi connectivity index (χ1n) is 10.7. The second-order valence-corrected chi connectivity index (χ2v) is 10.3. The van der Waals surface area contributed by atoms with Crippen LogP contribution in [0.25, 0.3) is 0 Å². The Bertz CT molecular complexity index is 855. The summed E-state index contributed by atoms with van der Waals surface area (Å²) in [5.41, 5.74) is 2.65. The lowest BCUT2D eigenvalue weighted by atomic mass is 10.0. The average molecular weight is 476 g/mol. The molecule has 5 heteroatoms. The molecule has 0 bridgehead atoms. The molecule has 156 valence electrons. The Morgan fingerprint density at radius 2 is 1.97 bits per heavy atom. The Morgan fingerprint density at radius 1 is 1.17 bits per heavy atom. The van der Waals surface area contributed by atoms with E-state index in [9.17, 15) is 5.11 Å². The van der Waals surface area contributed by atoms with Crippen molar-refractivity contribution in [1.29, 1.82) is 0 Å². The van der Waals surface area contributed by atoms with Gasteiger partial charge in [0.2, 0.25) is 0 Å². The number of benzene rings is 2. The highest BCUT2D eigenvalue weighted by Crippen LogP contribution is 2.52. The van der Waals surface area contributed by atoms with Crippen molar-refractivity contribution in [3.05, 3.63) is 58.1 Å². The number of halogens is 1. The van der Waals surface area contributed by atoms with Crippen molar-refractivity contribution in [1.82, 2.24) is 4.90 Å². The van der Waals surface area contributed by atoms with Gasteiger partial charge in [-0.1, -0.05) is 65.8 Å². The van der Waals surface area contributed by atoms with Crippen LogP contribution in [0.4, 0.5) is 0 Å². The molecule has 2 atom stereocenters. The Hall–Kier alpha value is -1.01. The summed E-state index contributed by atoms with van der Waals surface area (Å²) in [4.78, 5) is 3.42. The minimum absolute atomic E-state index is 0.111. The van der Waals surface area contributed by atoms with Crippen LogP contribution in [0.3, 0.4) is 0 Å². The van der Waals surface area contributed by atoms with Gasteiger partial charge in [0.15, 0.2) is 4.93 Å². The highest BCUT2D eigenvalue weighted by molar-refractivity contribution is 9.10. The number of nitrogens with zero attached hydrogens (tertiary/aromatic N) is 1. The molecule has 1 saturated heterocycles. The first kappa shape index (κ1) is 21.2. The Balaban J connectivity index is 1.47. The van der Waals surface area contributed by atoms with E-state index in [2.05, 4.69) is 77.1 Å². The normalized spacial score (nSPS) is 23.2. The smallest absolute Gasteiger partial charge is 0.158 e. The monoisotopic (exact) mass is 475 g/mol. The zero-order valence-corrected chi connectivity index (χ0v) is 19.6. The van der Waals surface area contributed by atoms with Crippen LogP contribution in [-0.4, -0.2) is 27.7 Å². The van der Waals surface area contributed by atoms with Crippen LogP contribution in [0.15, 0.2) is 51.8 Å². The minimum atomic E-state index is -0.112. The van der Waals surface area contributed by atoms with Crippen molar-refractivity contribution >= 4 is 27.7 Å². The molecule has 0 saturated carbocycles. The van der Waals surface area contributed by atoms with Crippen LogP contribution in [-0.2, 0) is 6.42 Å². The maximum absolute atomic E-state index is 10.2. The van der Waals surface area contributed by atoms with E-state index in [0.29, 0.717) is 6.04 Å². The maximum Gasteiger partial charge on any atom is 0.158 e. The van der Waals surface area contributed by atoms with Crippen LogP contribution in [0.5, 0.6) is 5.75 Å². The molecule has 2 aliphatic rings. The summed E-state index contributed by atoms with van der Waals surface area (Å²) in [6.45, 7) is 4.51. The predicted octanol–water partition coefficient (Wildman–Crippen LogP) is 6.54. The first-order chi connectivity index (χ1) is 14.1. The van der Waals surface area contributed by atoms with E-state index in [1.807, 2.05) is 11.8 Å². The third kappa shape index (κ3) is 4.25. The average Bonchev–Trinajstić information content (AvgIpc) is 3.33. The molecule has 1 N–H and O–H groups in total. The van der Waals surface area contributed by atoms with Gasteiger partial charge in [-0.2, -0.15) is 0 Å². The van der Waals surface area contributed by atoms with E-state index in [1.54, 1.807) is 0 Å². The Morgan fingerprint density at radius 3 is 2.69 bits per heavy atom. The van der Waals surface area contributed by atoms with Gasteiger partial charge in [-0.25, -0.2) is 0 Å². The molecule has 0 spiro atoms. The number of hydrogen-bond donors (Lipinski definition) is 1. The van der Waals surface area contributed by atoms with Crippen molar-refractivity contribution in [3.63, 3.8) is 0 Å². The van der Waals surface area contributed by atoms with Gasteiger partial charge >= 0.3 is 0 Å². The van der Waals surface area contributed by atoms with Crippen molar-refractivity contribution in [2.24, 2.45) is 0 Å². The lowest BCUT2D eigenvalue weighted by Crippen LogP contribution is -2.32. The van der Waals surface area contributed by atoms with Gasteiger partial charge in [0.25, 0.3) is 0 Å². The van der Waals surface area contributed by atoms with Gasteiger partial charge in [-0.15, -0.1) is 0 Å². The van der Waals surface area contributed by atoms with Gasteiger partial charge in [0.1, 0.15) is 5.75 Å². The van der Waals surface area contributed by atoms with Gasteiger partial charge in [0.05, 0.1) is 11.6 Å². The second kappa shape index (κ2) is 9.01. The van der Waals surface area contributed by atoms with Gasteiger partial charge < -0.3 is 9.84 Å². The molecular weight excluding hydrogens is 446 g/mol. The molecule has 1 fully saturated rings. The molecule has 0 amide bonds. The summed E-state index contributed by atoms with van der Waals surface area (Å²) in [5.74, 6) is 1.02. The molecule has 2 aromatic rings. The van der Waals surface area contributed by atoms with Gasteiger partial charge in [0, 0.05) is 16.6 Å². The Labute approximate surface area is 187 Å². The number of fused-ring (bicyclic) bond motifs is 1. The summed E-state index contributed by atoms with van der Waals surface area (Å²) in [7, 11) is 0. The SMILES string of the molecule is CCC1(CC)Oc2ccc(C3CCC(CCc4ccccc4Br)N3CO)cc2S1. The van der Waals surface area contributed by atoms with Crippen molar-refractivity contribution in [2.75, 3.05) is 6.73 Å². The summed E-state index contributed by atoms with van der Waals surface area (Å²) in [5, 5.41) is 10.2. The summed E-state index contributed by atoms with van der Waals surface area (Å²) < 4.78 is 7.46. The van der Waals surface area contributed by atoms with Crippen LogP contribution < -0.4 is 4.74 Å². The van der Waals surface area contributed by atoms with Crippen molar-refractivity contribution < 1.29 is 9.84 Å². The number of aliphatic hydroxyl groups is 1. The van der Waals surface area contributed by atoms with Crippen LogP contribution >= 0.6 is 27.7 Å². The van der Waals surface area contributed by atoms with Gasteiger partial charge in [-0.05, 0) is 67.9 Å². The zero-order valence-electron chi connectivity index (χ0n) is 17.2. The number of rotatable bonds is 7. The molecule has 0 aliphatic carbocycles. The Kier molecular flexibility index (Phi) is 6.59. The molecule has 2 heterocycles. The fourth-order valence-corrected chi connectivity index (χ4v) is 6.41. The van der Waals surface area contributed by atoms with Crippen LogP contribution in [0.1, 0.15) is 63.1 Å². The van der Waals surface area contributed by atoms with E-state index in [0.717, 1.165) is 44.3 Å². The minimum Gasteiger partial charge on any atom is -0.475 e. The molecule has 4 rings (SSSR count). The molecule has 0 aromatic heterocycles. The topological polar surface area (TPSA) is 32.7 Å². The molecule has 2 unspecified atom stereocenters. The molecule has 29 heavy (non-hydrogen) atoms. The summed E-state index contributed by atoms with van der Waals surface area (Å²) >= 11 is 5.53. The number of ether oxygens (including phenoxy) is 1. The molecule has 2 aromatic carbocycles. The van der Waals surface area contributed by atoms with E-state index < -0.39 is 0 Å². The molecular formula is C24H30BrNO2S. The van der Waals surface area contributed by atoms with Crippen molar-refractivity contribution in [3.8, 4) is 5.75 Å². The standard InChI is InChI=1S/C24H30BrNO2S/c1-3-24(4-2)28-22-14-10-18(15-23(22)29-24)21-13-12-19(26(21)16-27)11-9-17-7-5-6-8-20(17)25/h5-8,10,14-15,19,21,27H,3-4,9,11-13,16H2,1-2H3. The second-order valence-electron chi connectivity index (χ2n) is 8.06. The summed E-state index contributed by atoms with van der Waals surface area (Å²) in [6.07, 6.45) is 6.32. The summed E-state index contributed by atoms with van der Waals surface area (Å²) in [6, 6.07) is 15.8. The van der Waals surface area contributed by atoms with E-state index in [1.165, 1.54) is 20.5 Å². The number of thioether (sulfide) groups is 1. The van der Waals surface area contributed by atoms with Crippen LogP contribution in [0.2, 0.25) is 0 Å². The molecule has 2 aliphatic heterocycles. The first-order valence-corrected chi connectivity index (χ1v) is 12.3. The van der Waals surface area contributed by atoms with E-state index in [-0.39, 0.29) is 17.7 Å². The zero-order chi connectivity index (χ0) is 20.4. The van der Waals surface area contributed by atoms with E-state index in [4.69, 9.17) is 4.74 Å². The number of likely N-dealkylation sites (tertiary alicyclic amines) is 1. The number of hydrogen-bond acceptors (Lipinski definition) is 4. The van der Waals surface area contributed by atoms with Crippen molar-refractivity contribution in [2.45, 2.75) is 74.3 Å². The third-order valence-corrected chi connectivity index (χ3v) is 8.88. The quantitative estimate of drug-likeness (QED) is 0.492. The lowest BCUT2D eigenvalue weighted by Gasteiger charge is -2.28. The van der Waals surface area contributed by atoms with Gasteiger partial charge in [-0.3, -0.25) is 4.90 Å². The maximum atomic E-state index is 10.2.